The number of ether oxygens (including phenoxy) is 2. The van der Waals surface area contributed by atoms with Crippen LogP contribution in [-0.2, 0) is 4.74 Å². The van der Waals surface area contributed by atoms with E-state index >= 15 is 0 Å². The zero-order valence-corrected chi connectivity index (χ0v) is 14.1. The number of nitrogens with zero attached hydrogens (tertiary/aromatic N) is 4. The summed E-state index contributed by atoms with van der Waals surface area (Å²) in [6.07, 6.45) is 4.87. The van der Waals surface area contributed by atoms with Crippen molar-refractivity contribution in [1.29, 1.82) is 0 Å². The van der Waals surface area contributed by atoms with Gasteiger partial charge >= 0.3 is 5.97 Å². The van der Waals surface area contributed by atoms with Crippen LogP contribution in [0, 0.1) is 0 Å². The summed E-state index contributed by atoms with van der Waals surface area (Å²) in [7, 11) is 1.34. The third-order valence-corrected chi connectivity index (χ3v) is 4.64. The first-order valence-corrected chi connectivity index (χ1v) is 8.36. The number of carbonyl (C=O) groups is 1. The average Bonchev–Trinajstić information content (AvgIpc) is 3.30. The fraction of sp³-hybridized carbons (Fsp3) is 0.389. The van der Waals surface area contributed by atoms with Crippen LogP contribution in [0.15, 0.2) is 36.0 Å². The molecule has 3 heterocycles. The highest BCUT2D eigenvalue weighted by molar-refractivity contribution is 5.86. The maximum Gasteiger partial charge on any atom is 0.360 e. The first kappa shape index (κ1) is 15.8. The Balaban J connectivity index is 1.39. The van der Waals surface area contributed by atoms with E-state index in [-0.39, 0.29) is 11.7 Å². The van der Waals surface area contributed by atoms with Gasteiger partial charge in [-0.1, -0.05) is 23.4 Å². The van der Waals surface area contributed by atoms with Gasteiger partial charge in [0.25, 0.3) is 0 Å². The smallest absolute Gasteiger partial charge is 0.360 e. The Morgan fingerprint density at radius 1 is 1.40 bits per heavy atom. The van der Waals surface area contributed by atoms with Gasteiger partial charge in [-0.3, -0.25) is 4.90 Å². The molecule has 130 valence electrons. The van der Waals surface area contributed by atoms with Crippen LogP contribution in [0.3, 0.4) is 0 Å². The molecule has 1 aromatic heterocycles. The van der Waals surface area contributed by atoms with Gasteiger partial charge in [-0.25, -0.2) is 9.48 Å². The number of fused-ring (bicyclic) bond motifs is 1. The minimum Gasteiger partial charge on any atom is -0.489 e. The molecule has 4 rings (SSSR count). The van der Waals surface area contributed by atoms with E-state index in [0.29, 0.717) is 6.61 Å². The molecular weight excluding hydrogens is 320 g/mol. The number of aromatic nitrogens is 3. The highest BCUT2D eigenvalue weighted by Crippen LogP contribution is 2.27. The van der Waals surface area contributed by atoms with Crippen LogP contribution in [0.5, 0.6) is 5.75 Å². The van der Waals surface area contributed by atoms with Crippen molar-refractivity contribution in [1.82, 2.24) is 19.9 Å². The number of hydrogen-bond donors (Lipinski definition) is 0. The highest BCUT2D eigenvalue weighted by atomic mass is 16.5. The van der Waals surface area contributed by atoms with Crippen LogP contribution in [0.25, 0.3) is 6.08 Å². The molecule has 1 atom stereocenters. The molecule has 2 aliphatic rings. The number of carbonyl (C=O) groups excluding carboxylic acids is 1. The first-order valence-electron chi connectivity index (χ1n) is 8.36. The quantitative estimate of drug-likeness (QED) is 0.791. The van der Waals surface area contributed by atoms with E-state index in [1.807, 2.05) is 18.2 Å². The van der Waals surface area contributed by atoms with Crippen molar-refractivity contribution in [3.8, 4) is 5.75 Å². The van der Waals surface area contributed by atoms with E-state index < -0.39 is 5.97 Å². The molecule has 7 nitrogen and oxygen atoms in total. The van der Waals surface area contributed by atoms with Crippen LogP contribution >= 0.6 is 0 Å². The number of rotatable bonds is 4. The summed E-state index contributed by atoms with van der Waals surface area (Å²) in [5, 5.41) is 7.96. The molecular formula is C18H20N4O3. The van der Waals surface area contributed by atoms with Gasteiger partial charge in [-0.2, -0.15) is 0 Å². The van der Waals surface area contributed by atoms with Crippen molar-refractivity contribution < 1.29 is 14.3 Å². The van der Waals surface area contributed by atoms with Crippen molar-refractivity contribution in [2.24, 2.45) is 0 Å². The SMILES string of the molecule is COC(=O)c1cn([C@H]2CCN(CC3=Cc4ccccc4OC3)C2)nn1. The second kappa shape index (κ2) is 6.68. The van der Waals surface area contributed by atoms with Crippen LogP contribution in [0.4, 0.5) is 0 Å². The van der Waals surface area contributed by atoms with Crippen LogP contribution < -0.4 is 4.74 Å². The molecule has 0 aliphatic carbocycles. The Morgan fingerprint density at radius 3 is 3.16 bits per heavy atom. The Kier molecular flexibility index (Phi) is 4.23. The minimum absolute atomic E-state index is 0.225. The minimum atomic E-state index is -0.454. The lowest BCUT2D eigenvalue weighted by Gasteiger charge is -2.22. The molecule has 1 saturated heterocycles. The summed E-state index contributed by atoms with van der Waals surface area (Å²) >= 11 is 0. The molecule has 2 aromatic rings. The third kappa shape index (κ3) is 3.28. The van der Waals surface area contributed by atoms with Crippen molar-refractivity contribution in [3.63, 3.8) is 0 Å². The Hall–Kier alpha value is -2.67. The maximum absolute atomic E-state index is 11.5. The molecule has 1 fully saturated rings. The molecule has 0 unspecified atom stereocenters. The maximum atomic E-state index is 11.5. The van der Waals surface area contributed by atoms with Crippen molar-refractivity contribution >= 4 is 12.0 Å². The van der Waals surface area contributed by atoms with Gasteiger partial charge in [0, 0.05) is 25.2 Å². The lowest BCUT2D eigenvalue weighted by Crippen LogP contribution is -2.26. The first-order chi connectivity index (χ1) is 12.2. The van der Waals surface area contributed by atoms with Gasteiger partial charge in [0.15, 0.2) is 5.69 Å². The van der Waals surface area contributed by atoms with Gasteiger partial charge in [-0.15, -0.1) is 5.10 Å². The Bertz CT molecular complexity index is 814. The summed E-state index contributed by atoms with van der Waals surface area (Å²) in [6, 6.07) is 8.31. The monoisotopic (exact) mass is 340 g/mol. The predicted molar refractivity (Wildman–Crippen MR) is 91.4 cm³/mol. The molecule has 0 radical (unpaired) electrons. The molecule has 2 aliphatic heterocycles. The van der Waals surface area contributed by atoms with Crippen LogP contribution in [0.2, 0.25) is 0 Å². The molecule has 0 N–H and O–H groups in total. The molecule has 1 aromatic carbocycles. The number of methoxy groups -OCH3 is 1. The second-order valence-electron chi connectivity index (χ2n) is 6.38. The van der Waals surface area contributed by atoms with Crippen molar-refractivity contribution in [2.75, 3.05) is 33.4 Å². The van der Waals surface area contributed by atoms with E-state index in [2.05, 4.69) is 32.1 Å². The molecule has 25 heavy (non-hydrogen) atoms. The zero-order valence-electron chi connectivity index (χ0n) is 14.1. The van der Waals surface area contributed by atoms with Crippen LogP contribution in [-0.4, -0.2) is 59.2 Å². The normalized spacial score (nSPS) is 19.9. The number of likely N-dealkylation sites (tertiary alicyclic amines) is 1. The van der Waals surface area contributed by atoms with E-state index in [4.69, 9.17) is 4.74 Å². The number of para-hydroxylation sites is 1. The molecule has 0 bridgehead atoms. The summed E-state index contributed by atoms with van der Waals surface area (Å²) in [6.45, 7) is 3.37. The number of benzene rings is 1. The van der Waals surface area contributed by atoms with E-state index in [9.17, 15) is 4.79 Å². The Labute approximate surface area is 145 Å². The number of hydrogen-bond acceptors (Lipinski definition) is 6. The van der Waals surface area contributed by atoms with Gasteiger partial charge < -0.3 is 9.47 Å². The van der Waals surface area contributed by atoms with Gasteiger partial charge in [-0.05, 0) is 24.1 Å². The molecule has 0 amide bonds. The van der Waals surface area contributed by atoms with Crippen molar-refractivity contribution in [3.05, 3.63) is 47.3 Å². The molecule has 0 spiro atoms. The lowest BCUT2D eigenvalue weighted by molar-refractivity contribution is 0.0594. The predicted octanol–water partition coefficient (Wildman–Crippen LogP) is 1.79. The fourth-order valence-electron chi connectivity index (χ4n) is 3.37. The Morgan fingerprint density at radius 2 is 2.28 bits per heavy atom. The van der Waals surface area contributed by atoms with Gasteiger partial charge in [0.2, 0.25) is 0 Å². The zero-order chi connectivity index (χ0) is 17.2. The van der Waals surface area contributed by atoms with Gasteiger partial charge in [0.1, 0.15) is 12.4 Å². The topological polar surface area (TPSA) is 69.5 Å². The molecule has 7 heteroatoms. The van der Waals surface area contributed by atoms with E-state index in [0.717, 1.165) is 37.4 Å². The average molecular weight is 340 g/mol. The largest absolute Gasteiger partial charge is 0.489 e. The molecule has 0 saturated carbocycles. The number of esters is 1. The van der Waals surface area contributed by atoms with E-state index in [1.54, 1.807) is 10.9 Å². The summed E-state index contributed by atoms with van der Waals surface area (Å²) in [5.74, 6) is 0.493. The fourth-order valence-corrected chi connectivity index (χ4v) is 3.37. The van der Waals surface area contributed by atoms with Gasteiger partial charge in [0.05, 0.1) is 19.3 Å². The van der Waals surface area contributed by atoms with E-state index in [1.165, 1.54) is 12.7 Å². The highest BCUT2D eigenvalue weighted by Gasteiger charge is 2.27. The summed E-state index contributed by atoms with van der Waals surface area (Å²) in [4.78, 5) is 13.9. The van der Waals surface area contributed by atoms with Crippen LogP contribution in [0.1, 0.15) is 28.5 Å². The standard InChI is InChI=1S/C18H20N4O3/c1-24-18(23)16-11-22(20-19-16)15-6-7-21(10-15)9-13-8-14-4-2-3-5-17(14)25-12-13/h2-5,8,11,15H,6-7,9-10,12H2,1H3/t15-/m0/s1. The van der Waals surface area contributed by atoms with Crippen molar-refractivity contribution in [2.45, 2.75) is 12.5 Å². The lowest BCUT2D eigenvalue weighted by atomic mass is 10.1. The third-order valence-electron chi connectivity index (χ3n) is 4.64. The summed E-state index contributed by atoms with van der Waals surface area (Å²) in [5.41, 5.74) is 2.66. The second-order valence-corrected chi connectivity index (χ2v) is 6.38. The summed E-state index contributed by atoms with van der Waals surface area (Å²) < 4.78 is 12.3.